The van der Waals surface area contributed by atoms with Gasteiger partial charge in [-0.3, -0.25) is 4.79 Å². The molecule has 0 saturated heterocycles. The third-order valence-corrected chi connectivity index (χ3v) is 3.70. The molecule has 1 amide bonds. The van der Waals surface area contributed by atoms with Gasteiger partial charge in [-0.1, -0.05) is 34.4 Å². The largest absolute Gasteiger partial charge is 0.332 e. The number of nitrogens with zero attached hydrogens (tertiary/aromatic N) is 4. The maximum Gasteiger partial charge on any atom is 0.274 e. The molecule has 108 valence electrons. The van der Waals surface area contributed by atoms with Gasteiger partial charge in [0.25, 0.3) is 5.89 Å². The normalized spacial score (nSPS) is 15.3. The number of rotatable bonds is 2. The Morgan fingerprint density at radius 2 is 1.95 bits per heavy atom. The summed E-state index contributed by atoms with van der Waals surface area (Å²) in [6.07, 6.45) is 0.820. The van der Waals surface area contributed by atoms with Crippen LogP contribution in [0.1, 0.15) is 18.7 Å². The standard InChI is InChI=1S/C13H10Cl2N4O2/c1-19-10(20)6-5-9(17-19)13-16-12(18-21-13)11-7(14)3-2-4-8(11)15/h2-4H,5-6H2,1H3. The Labute approximate surface area is 130 Å². The first-order valence-electron chi connectivity index (χ1n) is 6.19. The molecule has 1 aromatic heterocycles. The van der Waals surface area contributed by atoms with E-state index in [9.17, 15) is 4.79 Å². The second kappa shape index (κ2) is 5.46. The number of aromatic nitrogens is 2. The summed E-state index contributed by atoms with van der Waals surface area (Å²) in [7, 11) is 1.59. The minimum atomic E-state index is -0.0485. The molecule has 0 fully saturated rings. The van der Waals surface area contributed by atoms with Crippen molar-refractivity contribution < 1.29 is 9.32 Å². The van der Waals surface area contributed by atoms with Crippen LogP contribution >= 0.6 is 23.2 Å². The second-order valence-electron chi connectivity index (χ2n) is 4.48. The molecule has 0 unspecified atom stereocenters. The van der Waals surface area contributed by atoms with Gasteiger partial charge in [0, 0.05) is 19.9 Å². The van der Waals surface area contributed by atoms with Crippen molar-refractivity contribution in [1.82, 2.24) is 15.1 Å². The predicted molar refractivity (Wildman–Crippen MR) is 78.3 cm³/mol. The molecule has 6 nitrogen and oxygen atoms in total. The van der Waals surface area contributed by atoms with Gasteiger partial charge < -0.3 is 4.52 Å². The van der Waals surface area contributed by atoms with E-state index < -0.39 is 0 Å². The van der Waals surface area contributed by atoms with E-state index in [1.54, 1.807) is 25.2 Å². The van der Waals surface area contributed by atoms with Crippen LogP contribution < -0.4 is 0 Å². The van der Waals surface area contributed by atoms with Crippen LogP contribution in [-0.2, 0) is 4.79 Å². The van der Waals surface area contributed by atoms with E-state index in [4.69, 9.17) is 27.7 Å². The lowest BCUT2D eigenvalue weighted by Crippen LogP contribution is -2.28. The fraction of sp³-hybridized carbons (Fsp3) is 0.231. The van der Waals surface area contributed by atoms with Gasteiger partial charge in [0.1, 0.15) is 5.71 Å². The topological polar surface area (TPSA) is 71.6 Å². The summed E-state index contributed by atoms with van der Waals surface area (Å²) in [5, 5.41) is 10.2. The molecule has 21 heavy (non-hydrogen) atoms. The van der Waals surface area contributed by atoms with Gasteiger partial charge in [0.2, 0.25) is 11.7 Å². The van der Waals surface area contributed by atoms with Crippen molar-refractivity contribution in [1.29, 1.82) is 0 Å². The van der Waals surface area contributed by atoms with Gasteiger partial charge in [-0.25, -0.2) is 5.01 Å². The van der Waals surface area contributed by atoms with E-state index in [2.05, 4.69) is 15.2 Å². The monoisotopic (exact) mass is 324 g/mol. The van der Waals surface area contributed by atoms with Gasteiger partial charge in [0.15, 0.2) is 0 Å². The molecule has 0 aliphatic carbocycles. The van der Waals surface area contributed by atoms with Gasteiger partial charge in [0.05, 0.1) is 15.6 Å². The fourth-order valence-corrected chi connectivity index (χ4v) is 2.54. The summed E-state index contributed by atoms with van der Waals surface area (Å²) in [5.74, 6) is 0.510. The highest BCUT2D eigenvalue weighted by molar-refractivity contribution is 6.38. The molecule has 0 bridgehead atoms. The smallest absolute Gasteiger partial charge is 0.274 e. The number of halogens is 2. The first kappa shape index (κ1) is 14.0. The molecule has 1 aliphatic heterocycles. The Morgan fingerprint density at radius 1 is 1.24 bits per heavy atom. The highest BCUT2D eigenvalue weighted by atomic mass is 35.5. The molecule has 0 N–H and O–H groups in total. The van der Waals surface area contributed by atoms with E-state index in [0.717, 1.165) is 0 Å². The fourth-order valence-electron chi connectivity index (χ4n) is 1.98. The third-order valence-electron chi connectivity index (χ3n) is 3.07. The number of hydrogen-bond donors (Lipinski definition) is 0. The average Bonchev–Trinajstić information content (AvgIpc) is 2.91. The second-order valence-corrected chi connectivity index (χ2v) is 5.30. The Kier molecular flexibility index (Phi) is 3.65. The SMILES string of the molecule is CN1N=C(c2nc(-c3c(Cl)cccc3Cl)no2)CCC1=O. The number of hydrazone groups is 1. The lowest BCUT2D eigenvalue weighted by molar-refractivity contribution is -0.130. The van der Waals surface area contributed by atoms with Gasteiger partial charge in [-0.05, 0) is 12.1 Å². The number of carbonyl (C=O) groups excluding carboxylic acids is 1. The van der Waals surface area contributed by atoms with Crippen LogP contribution in [0.15, 0.2) is 27.8 Å². The van der Waals surface area contributed by atoms with Gasteiger partial charge in [-0.15, -0.1) is 0 Å². The van der Waals surface area contributed by atoms with Crippen LogP contribution in [0, 0.1) is 0 Å². The van der Waals surface area contributed by atoms with E-state index in [0.29, 0.717) is 40.0 Å². The van der Waals surface area contributed by atoms with Crippen LogP contribution in [-0.4, -0.2) is 33.8 Å². The number of amides is 1. The van der Waals surface area contributed by atoms with Crippen molar-refractivity contribution in [2.24, 2.45) is 5.10 Å². The maximum absolute atomic E-state index is 11.4. The minimum absolute atomic E-state index is 0.0485. The molecule has 0 radical (unpaired) electrons. The first-order valence-corrected chi connectivity index (χ1v) is 6.94. The first-order chi connectivity index (χ1) is 10.1. The molecule has 0 spiro atoms. The highest BCUT2D eigenvalue weighted by Crippen LogP contribution is 2.32. The molecule has 0 atom stereocenters. The van der Waals surface area contributed by atoms with E-state index in [1.807, 2.05) is 0 Å². The Morgan fingerprint density at radius 3 is 2.62 bits per heavy atom. The summed E-state index contributed by atoms with van der Waals surface area (Å²) in [6.45, 7) is 0. The highest BCUT2D eigenvalue weighted by Gasteiger charge is 2.23. The van der Waals surface area contributed by atoms with Crippen LogP contribution in [0.3, 0.4) is 0 Å². The van der Waals surface area contributed by atoms with Crippen molar-refractivity contribution >= 4 is 34.8 Å². The quantitative estimate of drug-likeness (QED) is 0.851. The van der Waals surface area contributed by atoms with Crippen molar-refractivity contribution in [2.45, 2.75) is 12.8 Å². The van der Waals surface area contributed by atoms with Gasteiger partial charge >= 0.3 is 0 Å². The summed E-state index contributed by atoms with van der Waals surface area (Å²) >= 11 is 12.2. The molecule has 0 saturated carbocycles. The molecule has 2 heterocycles. The van der Waals surface area contributed by atoms with Crippen LogP contribution in [0.4, 0.5) is 0 Å². The Bertz CT molecular complexity index is 721. The molecule has 2 aromatic rings. The van der Waals surface area contributed by atoms with Crippen molar-refractivity contribution in [3.8, 4) is 11.4 Å². The number of carbonyl (C=O) groups is 1. The summed E-state index contributed by atoms with van der Waals surface area (Å²) < 4.78 is 5.20. The molecule has 3 rings (SSSR count). The maximum atomic E-state index is 11.4. The zero-order valence-electron chi connectivity index (χ0n) is 11.0. The molecule has 8 heteroatoms. The van der Waals surface area contributed by atoms with E-state index in [1.165, 1.54) is 5.01 Å². The lowest BCUT2D eigenvalue weighted by Gasteiger charge is -2.17. The molecule has 1 aliphatic rings. The van der Waals surface area contributed by atoms with Crippen molar-refractivity contribution in [2.75, 3.05) is 7.05 Å². The van der Waals surface area contributed by atoms with Crippen LogP contribution in [0.25, 0.3) is 11.4 Å². The van der Waals surface area contributed by atoms with E-state index >= 15 is 0 Å². The zero-order chi connectivity index (χ0) is 15.0. The Balaban J connectivity index is 1.98. The van der Waals surface area contributed by atoms with E-state index in [-0.39, 0.29) is 11.8 Å². The summed E-state index contributed by atoms with van der Waals surface area (Å²) in [4.78, 5) is 15.7. The Hall–Kier alpha value is -1.92. The summed E-state index contributed by atoms with van der Waals surface area (Å²) in [5.41, 5.74) is 1.08. The predicted octanol–water partition coefficient (Wildman–Crippen LogP) is 3.00. The molecular formula is C13H10Cl2N4O2. The molecular weight excluding hydrogens is 315 g/mol. The minimum Gasteiger partial charge on any atom is -0.332 e. The molecule has 1 aromatic carbocycles. The zero-order valence-corrected chi connectivity index (χ0v) is 12.5. The lowest BCUT2D eigenvalue weighted by atomic mass is 10.1. The van der Waals surface area contributed by atoms with Gasteiger partial charge in [-0.2, -0.15) is 10.1 Å². The van der Waals surface area contributed by atoms with Crippen LogP contribution in [0.5, 0.6) is 0 Å². The van der Waals surface area contributed by atoms with Crippen molar-refractivity contribution in [3.63, 3.8) is 0 Å². The number of hydrogen-bond acceptors (Lipinski definition) is 5. The average molecular weight is 325 g/mol. The third kappa shape index (κ3) is 2.64. The summed E-state index contributed by atoms with van der Waals surface area (Å²) in [6, 6.07) is 5.13. The van der Waals surface area contributed by atoms with Crippen molar-refractivity contribution in [3.05, 3.63) is 34.1 Å². The number of benzene rings is 1. The van der Waals surface area contributed by atoms with Crippen LogP contribution in [0.2, 0.25) is 10.0 Å².